The van der Waals surface area contributed by atoms with Gasteiger partial charge in [0.2, 0.25) is 0 Å². The number of likely N-dealkylation sites (tertiary alicyclic amines) is 1. The van der Waals surface area contributed by atoms with Crippen molar-refractivity contribution in [2.45, 2.75) is 38.0 Å². The van der Waals surface area contributed by atoms with Crippen LogP contribution >= 0.6 is 0 Å². The summed E-state index contributed by atoms with van der Waals surface area (Å²) >= 11 is 0. The standard InChI is InChI=1S/C11H22N2O2/c1-9-5-12-6-11(15-9)7-13-4-2-3-10(13)8-14/h9-12,14H,2-8H2,1H3/t9-,10+,11+/m1/s1. The van der Waals surface area contributed by atoms with E-state index in [1.165, 1.54) is 6.42 Å². The number of aliphatic hydroxyl groups is 1. The van der Waals surface area contributed by atoms with Crippen LogP contribution in [-0.4, -0.2) is 61.0 Å². The van der Waals surface area contributed by atoms with Gasteiger partial charge in [-0.05, 0) is 26.3 Å². The zero-order chi connectivity index (χ0) is 10.7. The van der Waals surface area contributed by atoms with E-state index in [1.54, 1.807) is 0 Å². The van der Waals surface area contributed by atoms with Crippen LogP contribution in [-0.2, 0) is 4.74 Å². The molecular weight excluding hydrogens is 192 g/mol. The maximum absolute atomic E-state index is 9.22. The van der Waals surface area contributed by atoms with Crippen LogP contribution in [0, 0.1) is 0 Å². The molecular formula is C11H22N2O2. The summed E-state index contributed by atoms with van der Waals surface area (Å²) < 4.78 is 5.86. The van der Waals surface area contributed by atoms with Gasteiger partial charge in [0.15, 0.2) is 0 Å². The van der Waals surface area contributed by atoms with E-state index in [0.29, 0.717) is 18.2 Å². The molecule has 15 heavy (non-hydrogen) atoms. The van der Waals surface area contributed by atoms with Crippen molar-refractivity contribution in [3.63, 3.8) is 0 Å². The van der Waals surface area contributed by atoms with Crippen molar-refractivity contribution in [3.8, 4) is 0 Å². The molecule has 3 atom stereocenters. The lowest BCUT2D eigenvalue weighted by atomic mass is 10.2. The van der Waals surface area contributed by atoms with E-state index >= 15 is 0 Å². The zero-order valence-electron chi connectivity index (χ0n) is 9.48. The Hall–Kier alpha value is -0.160. The van der Waals surface area contributed by atoms with Gasteiger partial charge in [-0.15, -0.1) is 0 Å². The van der Waals surface area contributed by atoms with Gasteiger partial charge >= 0.3 is 0 Å². The minimum Gasteiger partial charge on any atom is -0.395 e. The normalized spacial score (nSPS) is 38.4. The number of ether oxygens (including phenoxy) is 1. The van der Waals surface area contributed by atoms with Gasteiger partial charge in [0.25, 0.3) is 0 Å². The van der Waals surface area contributed by atoms with Crippen LogP contribution in [0.5, 0.6) is 0 Å². The third-order valence-corrected chi connectivity index (χ3v) is 3.38. The average molecular weight is 214 g/mol. The molecule has 0 unspecified atom stereocenters. The fourth-order valence-corrected chi connectivity index (χ4v) is 2.58. The summed E-state index contributed by atoms with van der Waals surface area (Å²) in [6.45, 7) is 6.36. The number of nitrogens with one attached hydrogen (secondary N) is 1. The molecule has 2 fully saturated rings. The molecule has 2 saturated heterocycles. The molecule has 0 amide bonds. The molecule has 4 nitrogen and oxygen atoms in total. The highest BCUT2D eigenvalue weighted by Crippen LogP contribution is 2.18. The summed E-state index contributed by atoms with van der Waals surface area (Å²) in [4.78, 5) is 2.37. The molecule has 88 valence electrons. The highest BCUT2D eigenvalue weighted by Gasteiger charge is 2.28. The molecule has 0 aromatic rings. The molecule has 2 aliphatic heterocycles. The molecule has 2 N–H and O–H groups in total. The van der Waals surface area contributed by atoms with Gasteiger partial charge in [-0.2, -0.15) is 0 Å². The summed E-state index contributed by atoms with van der Waals surface area (Å²) in [6, 6.07) is 0.367. The minimum absolute atomic E-state index is 0.287. The Labute approximate surface area is 91.6 Å². The Morgan fingerprint density at radius 1 is 1.47 bits per heavy atom. The highest BCUT2D eigenvalue weighted by molar-refractivity contribution is 4.83. The number of hydrogen-bond donors (Lipinski definition) is 2. The van der Waals surface area contributed by atoms with E-state index in [1.807, 2.05) is 0 Å². The second kappa shape index (κ2) is 5.25. The number of hydrogen-bond acceptors (Lipinski definition) is 4. The van der Waals surface area contributed by atoms with Crippen molar-refractivity contribution < 1.29 is 9.84 Å². The Kier molecular flexibility index (Phi) is 3.97. The Bertz CT molecular complexity index is 201. The molecule has 2 aliphatic rings. The van der Waals surface area contributed by atoms with E-state index in [-0.39, 0.29) is 6.61 Å². The third-order valence-electron chi connectivity index (χ3n) is 3.38. The quantitative estimate of drug-likeness (QED) is 0.684. The van der Waals surface area contributed by atoms with E-state index in [2.05, 4.69) is 17.1 Å². The first-order valence-electron chi connectivity index (χ1n) is 6.00. The fourth-order valence-electron chi connectivity index (χ4n) is 2.58. The summed E-state index contributed by atoms with van der Waals surface area (Å²) in [5.74, 6) is 0. The predicted molar refractivity (Wildman–Crippen MR) is 58.9 cm³/mol. The molecule has 2 rings (SSSR count). The summed E-state index contributed by atoms with van der Waals surface area (Å²) in [6.07, 6.45) is 2.95. The topological polar surface area (TPSA) is 44.7 Å². The lowest BCUT2D eigenvalue weighted by molar-refractivity contribution is -0.0460. The summed E-state index contributed by atoms with van der Waals surface area (Å²) in [5, 5.41) is 12.6. The zero-order valence-corrected chi connectivity index (χ0v) is 9.48. The first-order valence-corrected chi connectivity index (χ1v) is 6.00. The molecule has 0 radical (unpaired) electrons. The Morgan fingerprint density at radius 2 is 2.33 bits per heavy atom. The van der Waals surface area contributed by atoms with Gasteiger partial charge in [-0.25, -0.2) is 0 Å². The van der Waals surface area contributed by atoms with Crippen LogP contribution in [0.25, 0.3) is 0 Å². The monoisotopic (exact) mass is 214 g/mol. The maximum atomic E-state index is 9.22. The highest BCUT2D eigenvalue weighted by atomic mass is 16.5. The second-order valence-electron chi connectivity index (χ2n) is 4.70. The summed E-state index contributed by atoms with van der Waals surface area (Å²) in [7, 11) is 0. The molecule has 4 heteroatoms. The SMILES string of the molecule is C[C@@H]1CNC[C@@H](CN2CCC[C@H]2CO)O1. The van der Waals surface area contributed by atoms with Crippen molar-refractivity contribution in [1.82, 2.24) is 10.2 Å². The molecule has 0 aromatic carbocycles. The van der Waals surface area contributed by atoms with Crippen LogP contribution in [0.2, 0.25) is 0 Å². The minimum atomic E-state index is 0.287. The fraction of sp³-hybridized carbons (Fsp3) is 1.00. The number of morpholine rings is 1. The number of rotatable bonds is 3. The number of nitrogens with zero attached hydrogens (tertiary/aromatic N) is 1. The van der Waals surface area contributed by atoms with E-state index in [0.717, 1.165) is 32.6 Å². The van der Waals surface area contributed by atoms with Crippen LogP contribution < -0.4 is 5.32 Å². The van der Waals surface area contributed by atoms with E-state index in [4.69, 9.17) is 4.74 Å². The van der Waals surface area contributed by atoms with Crippen molar-refractivity contribution in [2.24, 2.45) is 0 Å². The maximum Gasteiger partial charge on any atom is 0.0830 e. The van der Waals surface area contributed by atoms with Gasteiger partial charge in [0.05, 0.1) is 18.8 Å². The Balaban J connectivity index is 1.80. The van der Waals surface area contributed by atoms with Gasteiger partial charge in [-0.3, -0.25) is 4.90 Å². The molecule has 0 bridgehead atoms. The van der Waals surface area contributed by atoms with E-state index in [9.17, 15) is 5.11 Å². The molecule has 0 aliphatic carbocycles. The Morgan fingerprint density at radius 3 is 3.07 bits per heavy atom. The van der Waals surface area contributed by atoms with Crippen molar-refractivity contribution in [2.75, 3.05) is 32.8 Å². The second-order valence-corrected chi connectivity index (χ2v) is 4.70. The average Bonchev–Trinajstić information content (AvgIpc) is 2.65. The smallest absolute Gasteiger partial charge is 0.0830 e. The summed E-state index contributed by atoms with van der Waals surface area (Å²) in [5.41, 5.74) is 0. The molecule has 0 saturated carbocycles. The lowest BCUT2D eigenvalue weighted by Gasteiger charge is -2.33. The van der Waals surface area contributed by atoms with Crippen LogP contribution in [0.15, 0.2) is 0 Å². The first-order chi connectivity index (χ1) is 7.29. The lowest BCUT2D eigenvalue weighted by Crippen LogP contribution is -2.49. The van der Waals surface area contributed by atoms with Gasteiger partial charge < -0.3 is 15.2 Å². The van der Waals surface area contributed by atoms with Crippen LogP contribution in [0.4, 0.5) is 0 Å². The largest absolute Gasteiger partial charge is 0.395 e. The van der Waals surface area contributed by atoms with Gasteiger partial charge in [0, 0.05) is 25.7 Å². The van der Waals surface area contributed by atoms with Crippen molar-refractivity contribution >= 4 is 0 Å². The van der Waals surface area contributed by atoms with Crippen molar-refractivity contribution in [3.05, 3.63) is 0 Å². The van der Waals surface area contributed by atoms with Crippen molar-refractivity contribution in [1.29, 1.82) is 0 Å². The molecule has 0 spiro atoms. The first kappa shape index (κ1) is 11.3. The molecule has 0 aromatic heterocycles. The van der Waals surface area contributed by atoms with Gasteiger partial charge in [-0.1, -0.05) is 0 Å². The van der Waals surface area contributed by atoms with Crippen LogP contribution in [0.1, 0.15) is 19.8 Å². The van der Waals surface area contributed by atoms with Crippen LogP contribution in [0.3, 0.4) is 0 Å². The van der Waals surface area contributed by atoms with E-state index < -0.39 is 0 Å². The van der Waals surface area contributed by atoms with Gasteiger partial charge in [0.1, 0.15) is 0 Å². The number of aliphatic hydroxyl groups excluding tert-OH is 1. The third kappa shape index (κ3) is 2.91. The predicted octanol–water partition coefficient (Wildman–Crippen LogP) is -0.180. The molecule has 2 heterocycles.